The summed E-state index contributed by atoms with van der Waals surface area (Å²) in [7, 11) is 0. The van der Waals surface area contributed by atoms with Crippen molar-refractivity contribution in [3.63, 3.8) is 0 Å². The summed E-state index contributed by atoms with van der Waals surface area (Å²) in [6.07, 6.45) is 4.00. The minimum atomic E-state index is -0.344. The fourth-order valence-electron chi connectivity index (χ4n) is 1.86. The van der Waals surface area contributed by atoms with Crippen molar-refractivity contribution in [3.05, 3.63) is 32.2 Å². The molecule has 0 aromatic carbocycles. The van der Waals surface area contributed by atoms with Crippen LogP contribution in [0.5, 0.6) is 0 Å². The monoisotopic (exact) mass is 328 g/mol. The molecule has 1 rings (SSSR count). The van der Waals surface area contributed by atoms with Gasteiger partial charge in [-0.3, -0.25) is 9.59 Å². The number of aryl methyl sites for hydroxylation is 1. The van der Waals surface area contributed by atoms with Crippen molar-refractivity contribution in [3.8, 4) is 0 Å². The fourth-order valence-corrected chi connectivity index (χ4v) is 2.19. The van der Waals surface area contributed by atoms with Gasteiger partial charge in [-0.1, -0.05) is 26.7 Å². The van der Waals surface area contributed by atoms with Crippen LogP contribution in [-0.4, -0.2) is 16.9 Å². The number of halogens is 1. The lowest BCUT2D eigenvalue weighted by Gasteiger charge is -2.16. The molecule has 1 aromatic rings. The van der Waals surface area contributed by atoms with Gasteiger partial charge in [-0.05, 0) is 41.8 Å². The van der Waals surface area contributed by atoms with Gasteiger partial charge in [-0.25, -0.2) is 0 Å². The summed E-state index contributed by atoms with van der Waals surface area (Å²) in [5.74, 6) is -0.301. The summed E-state index contributed by atoms with van der Waals surface area (Å²) in [6, 6.07) is 1.71. The third-order valence-corrected chi connectivity index (χ3v) is 3.98. The summed E-state index contributed by atoms with van der Waals surface area (Å²) in [5, 5.41) is 2.93. The second-order valence-corrected chi connectivity index (χ2v) is 5.56. The lowest BCUT2D eigenvalue weighted by Crippen LogP contribution is -2.37. The maximum Gasteiger partial charge on any atom is 0.261 e. The molecule has 0 fully saturated rings. The fraction of sp³-hybridized carbons (Fsp3) is 0.571. The van der Waals surface area contributed by atoms with Crippen LogP contribution in [0, 0.1) is 6.92 Å². The van der Waals surface area contributed by atoms with E-state index in [4.69, 9.17) is 0 Å². The number of amides is 1. The van der Waals surface area contributed by atoms with Gasteiger partial charge >= 0.3 is 0 Å². The normalized spacial score (nSPS) is 12.2. The van der Waals surface area contributed by atoms with E-state index in [1.54, 1.807) is 13.0 Å². The SMILES string of the molecule is CCCC[C@H](CC)NC(=O)c1cc(Br)c(C)[nH]c1=O. The van der Waals surface area contributed by atoms with Gasteiger partial charge in [0.25, 0.3) is 11.5 Å². The minimum absolute atomic E-state index is 0.131. The van der Waals surface area contributed by atoms with Crippen LogP contribution >= 0.6 is 15.9 Å². The molecule has 0 spiro atoms. The van der Waals surface area contributed by atoms with Crippen LogP contribution in [0.3, 0.4) is 0 Å². The Bertz CT molecular complexity index is 497. The van der Waals surface area contributed by atoms with Crippen molar-refractivity contribution in [2.75, 3.05) is 0 Å². The Kier molecular flexibility index (Phi) is 6.28. The molecule has 0 bridgehead atoms. The molecular weight excluding hydrogens is 308 g/mol. The highest BCUT2D eigenvalue weighted by molar-refractivity contribution is 9.10. The maximum absolute atomic E-state index is 12.1. The first-order valence-corrected chi connectivity index (χ1v) is 7.49. The van der Waals surface area contributed by atoms with E-state index in [-0.39, 0.29) is 23.1 Å². The van der Waals surface area contributed by atoms with Crippen molar-refractivity contribution in [2.24, 2.45) is 0 Å². The largest absolute Gasteiger partial charge is 0.349 e. The Morgan fingerprint density at radius 1 is 1.47 bits per heavy atom. The van der Waals surface area contributed by atoms with Gasteiger partial charge in [0.15, 0.2) is 0 Å². The average Bonchev–Trinajstić information content (AvgIpc) is 2.38. The number of H-pyrrole nitrogens is 1. The highest BCUT2D eigenvalue weighted by atomic mass is 79.9. The molecule has 1 aromatic heterocycles. The van der Waals surface area contributed by atoms with Gasteiger partial charge in [0.2, 0.25) is 0 Å². The topological polar surface area (TPSA) is 62.0 Å². The molecule has 0 saturated carbocycles. The molecule has 1 heterocycles. The molecule has 0 aliphatic heterocycles. The third kappa shape index (κ3) is 4.49. The zero-order chi connectivity index (χ0) is 14.4. The van der Waals surface area contributed by atoms with Crippen molar-refractivity contribution in [2.45, 2.75) is 52.5 Å². The highest BCUT2D eigenvalue weighted by Crippen LogP contribution is 2.13. The quantitative estimate of drug-likeness (QED) is 0.842. The molecule has 0 saturated heterocycles. The van der Waals surface area contributed by atoms with Gasteiger partial charge in [-0.15, -0.1) is 0 Å². The van der Waals surface area contributed by atoms with E-state index in [2.05, 4.69) is 33.2 Å². The number of unbranched alkanes of at least 4 members (excludes halogenated alkanes) is 1. The predicted molar refractivity (Wildman–Crippen MR) is 80.6 cm³/mol. The molecule has 0 unspecified atom stereocenters. The molecule has 19 heavy (non-hydrogen) atoms. The first-order chi connectivity index (χ1) is 8.99. The van der Waals surface area contributed by atoms with E-state index >= 15 is 0 Å². The van der Waals surface area contributed by atoms with E-state index in [0.29, 0.717) is 0 Å². The van der Waals surface area contributed by atoms with Gasteiger partial charge in [0, 0.05) is 16.2 Å². The molecule has 1 amide bonds. The Morgan fingerprint density at radius 3 is 2.74 bits per heavy atom. The summed E-state index contributed by atoms with van der Waals surface area (Å²) in [6.45, 7) is 5.94. The van der Waals surface area contributed by atoms with E-state index in [1.807, 2.05) is 6.92 Å². The standard InChI is InChI=1S/C14H21BrN2O2/c1-4-6-7-10(5-2)17-14(19)11-8-12(15)9(3)16-13(11)18/h8,10H,4-7H2,1-3H3,(H,16,18)(H,17,19)/t10-/m0/s1. The van der Waals surface area contributed by atoms with Crippen LogP contribution in [0.15, 0.2) is 15.3 Å². The average molecular weight is 329 g/mol. The van der Waals surface area contributed by atoms with Gasteiger partial charge in [-0.2, -0.15) is 0 Å². The molecule has 0 aliphatic carbocycles. The van der Waals surface area contributed by atoms with Gasteiger partial charge < -0.3 is 10.3 Å². The Balaban J connectivity index is 2.83. The van der Waals surface area contributed by atoms with Crippen molar-refractivity contribution >= 4 is 21.8 Å². The number of pyridine rings is 1. The van der Waals surface area contributed by atoms with Gasteiger partial charge in [0.05, 0.1) is 0 Å². The van der Waals surface area contributed by atoms with Crippen LogP contribution in [0.4, 0.5) is 0 Å². The number of hydrogen-bond donors (Lipinski definition) is 2. The van der Waals surface area contributed by atoms with E-state index in [1.165, 1.54) is 0 Å². The maximum atomic E-state index is 12.1. The number of carbonyl (C=O) groups is 1. The van der Waals surface area contributed by atoms with E-state index < -0.39 is 0 Å². The zero-order valence-corrected chi connectivity index (χ0v) is 13.3. The lowest BCUT2D eigenvalue weighted by atomic mass is 10.1. The van der Waals surface area contributed by atoms with Crippen LogP contribution < -0.4 is 10.9 Å². The van der Waals surface area contributed by atoms with E-state index in [0.717, 1.165) is 35.8 Å². The summed E-state index contributed by atoms with van der Waals surface area (Å²) < 4.78 is 0.735. The van der Waals surface area contributed by atoms with Gasteiger partial charge in [0.1, 0.15) is 5.56 Å². The van der Waals surface area contributed by atoms with Crippen molar-refractivity contribution in [1.82, 2.24) is 10.3 Å². The summed E-state index contributed by atoms with van der Waals surface area (Å²) in [5.41, 5.74) is 0.538. The Morgan fingerprint density at radius 2 is 2.16 bits per heavy atom. The number of aromatic nitrogens is 1. The molecule has 2 N–H and O–H groups in total. The molecule has 5 heteroatoms. The zero-order valence-electron chi connectivity index (χ0n) is 11.7. The predicted octanol–water partition coefficient (Wildman–Crippen LogP) is 3.14. The van der Waals surface area contributed by atoms with Crippen LogP contribution in [0.2, 0.25) is 0 Å². The second-order valence-electron chi connectivity index (χ2n) is 4.71. The number of rotatable bonds is 6. The summed E-state index contributed by atoms with van der Waals surface area (Å²) in [4.78, 5) is 26.5. The smallest absolute Gasteiger partial charge is 0.261 e. The van der Waals surface area contributed by atoms with Crippen LogP contribution in [-0.2, 0) is 0 Å². The molecule has 0 aliphatic rings. The molecular formula is C14H21BrN2O2. The third-order valence-electron chi connectivity index (χ3n) is 3.15. The first-order valence-electron chi connectivity index (χ1n) is 6.69. The lowest BCUT2D eigenvalue weighted by molar-refractivity contribution is 0.0931. The minimum Gasteiger partial charge on any atom is -0.349 e. The first kappa shape index (κ1) is 16.0. The summed E-state index contributed by atoms with van der Waals surface area (Å²) >= 11 is 3.32. The molecule has 106 valence electrons. The number of hydrogen-bond acceptors (Lipinski definition) is 2. The Hall–Kier alpha value is -1.10. The molecule has 1 atom stereocenters. The number of aromatic amines is 1. The van der Waals surface area contributed by atoms with Crippen molar-refractivity contribution < 1.29 is 4.79 Å². The Labute approximate surface area is 122 Å². The molecule has 0 radical (unpaired) electrons. The molecule has 4 nitrogen and oxygen atoms in total. The van der Waals surface area contributed by atoms with E-state index in [9.17, 15) is 9.59 Å². The van der Waals surface area contributed by atoms with Crippen LogP contribution in [0.25, 0.3) is 0 Å². The van der Waals surface area contributed by atoms with Crippen molar-refractivity contribution in [1.29, 1.82) is 0 Å². The number of nitrogens with one attached hydrogen (secondary N) is 2. The second kappa shape index (κ2) is 7.48. The highest BCUT2D eigenvalue weighted by Gasteiger charge is 2.16. The van der Waals surface area contributed by atoms with Crippen LogP contribution in [0.1, 0.15) is 55.6 Å². The number of carbonyl (C=O) groups excluding carboxylic acids is 1.